The summed E-state index contributed by atoms with van der Waals surface area (Å²) in [5.74, 6) is 1.23. The van der Waals surface area contributed by atoms with Crippen LogP contribution in [0.15, 0.2) is 24.3 Å². The second-order valence-corrected chi connectivity index (χ2v) is 9.47. The van der Waals surface area contributed by atoms with Gasteiger partial charge in [0.15, 0.2) is 9.84 Å². The summed E-state index contributed by atoms with van der Waals surface area (Å²) in [6, 6.07) is 7.71. The lowest BCUT2D eigenvalue weighted by atomic mass is 10.0. The van der Waals surface area contributed by atoms with E-state index in [1.165, 1.54) is 0 Å². The Kier molecular flexibility index (Phi) is 9.79. The summed E-state index contributed by atoms with van der Waals surface area (Å²) in [6.45, 7) is 6.24. The minimum Gasteiger partial charge on any atom is -0.494 e. The van der Waals surface area contributed by atoms with Crippen molar-refractivity contribution in [2.45, 2.75) is 71.0 Å². The number of rotatable bonds is 13. The van der Waals surface area contributed by atoms with Gasteiger partial charge in [0.25, 0.3) is 0 Å². The van der Waals surface area contributed by atoms with Gasteiger partial charge in [-0.1, -0.05) is 31.9 Å². The number of benzene rings is 1. The fraction of sp³-hybridized carbons (Fsp3) is 0.650. The van der Waals surface area contributed by atoms with Crippen molar-refractivity contribution in [3.8, 4) is 5.75 Å². The molecule has 1 rings (SSSR count). The Morgan fingerprint density at radius 2 is 1.88 bits per heavy atom. The molecule has 0 aliphatic rings. The van der Waals surface area contributed by atoms with Crippen LogP contribution in [0.25, 0.3) is 0 Å². The van der Waals surface area contributed by atoms with Gasteiger partial charge in [0.2, 0.25) is 0 Å². The Labute approximate surface area is 152 Å². The molecule has 4 nitrogen and oxygen atoms in total. The highest BCUT2D eigenvalue weighted by Gasteiger charge is 2.15. The summed E-state index contributed by atoms with van der Waals surface area (Å²) in [5.41, 5.74) is 0.974. The third-order valence-electron chi connectivity index (χ3n) is 4.17. The van der Waals surface area contributed by atoms with Crippen molar-refractivity contribution in [3.63, 3.8) is 0 Å². The number of unbranched alkanes of at least 4 members (excludes halogenated alkanes) is 3. The fourth-order valence-corrected chi connectivity index (χ4v) is 3.51. The molecule has 1 aromatic carbocycles. The molecule has 0 atom stereocenters. The van der Waals surface area contributed by atoms with Crippen LogP contribution in [0, 0.1) is 0 Å². The van der Waals surface area contributed by atoms with E-state index in [-0.39, 0.29) is 16.8 Å². The van der Waals surface area contributed by atoms with Crippen molar-refractivity contribution in [2.24, 2.45) is 0 Å². The maximum atomic E-state index is 12.1. The molecule has 25 heavy (non-hydrogen) atoms. The first-order valence-electron chi connectivity index (χ1n) is 9.30. The van der Waals surface area contributed by atoms with E-state index in [0.29, 0.717) is 25.9 Å². The zero-order valence-electron chi connectivity index (χ0n) is 15.8. The van der Waals surface area contributed by atoms with Crippen LogP contribution in [-0.2, 0) is 21.1 Å². The van der Waals surface area contributed by atoms with Crippen molar-refractivity contribution in [1.29, 1.82) is 0 Å². The molecule has 0 saturated heterocycles. The maximum Gasteiger partial charge on any atom is 0.152 e. The third kappa shape index (κ3) is 9.05. The SMILES string of the molecule is CCCCOc1cccc(CC(=O)CCCCCS(=O)(=O)C(C)C)c1. The molecule has 0 spiro atoms. The summed E-state index contributed by atoms with van der Waals surface area (Å²) < 4.78 is 29.1. The lowest BCUT2D eigenvalue weighted by molar-refractivity contribution is -0.118. The van der Waals surface area contributed by atoms with E-state index in [1.807, 2.05) is 24.3 Å². The number of ether oxygens (including phenoxy) is 1. The molecule has 0 fully saturated rings. The van der Waals surface area contributed by atoms with Gasteiger partial charge in [-0.25, -0.2) is 8.42 Å². The first kappa shape index (κ1) is 21.7. The minimum absolute atomic E-state index is 0.192. The molecule has 0 aliphatic heterocycles. The highest BCUT2D eigenvalue weighted by molar-refractivity contribution is 7.91. The standard InChI is InChI=1S/C20H32O4S/c1-4-5-13-24-20-12-9-10-18(16-20)15-19(21)11-7-6-8-14-25(22,23)17(2)3/h9-10,12,16-17H,4-8,11,13-15H2,1-3H3. The first-order chi connectivity index (χ1) is 11.8. The van der Waals surface area contributed by atoms with Gasteiger partial charge >= 0.3 is 0 Å². The van der Waals surface area contributed by atoms with E-state index in [0.717, 1.165) is 37.0 Å². The van der Waals surface area contributed by atoms with E-state index in [1.54, 1.807) is 13.8 Å². The molecule has 142 valence electrons. The van der Waals surface area contributed by atoms with Crippen molar-refractivity contribution in [2.75, 3.05) is 12.4 Å². The number of hydrogen-bond acceptors (Lipinski definition) is 4. The average molecular weight is 369 g/mol. The maximum absolute atomic E-state index is 12.1. The lowest BCUT2D eigenvalue weighted by Gasteiger charge is -2.08. The van der Waals surface area contributed by atoms with Gasteiger partial charge in [0.05, 0.1) is 17.6 Å². The Morgan fingerprint density at radius 3 is 2.56 bits per heavy atom. The van der Waals surface area contributed by atoms with E-state index in [4.69, 9.17) is 4.74 Å². The minimum atomic E-state index is -2.96. The van der Waals surface area contributed by atoms with Crippen molar-refractivity contribution < 1.29 is 17.9 Å². The van der Waals surface area contributed by atoms with Crippen LogP contribution in [0.5, 0.6) is 5.75 Å². The van der Waals surface area contributed by atoms with Crippen LogP contribution in [0.4, 0.5) is 0 Å². The van der Waals surface area contributed by atoms with Crippen LogP contribution in [0.1, 0.15) is 64.9 Å². The van der Waals surface area contributed by atoms with E-state index in [9.17, 15) is 13.2 Å². The van der Waals surface area contributed by atoms with Gasteiger partial charge in [0, 0.05) is 12.8 Å². The zero-order valence-corrected chi connectivity index (χ0v) is 16.6. The molecule has 0 unspecified atom stereocenters. The Hall–Kier alpha value is -1.36. The second-order valence-electron chi connectivity index (χ2n) is 6.79. The summed E-state index contributed by atoms with van der Waals surface area (Å²) in [7, 11) is -2.96. The average Bonchev–Trinajstić information content (AvgIpc) is 2.55. The predicted molar refractivity (Wildman–Crippen MR) is 103 cm³/mol. The quantitative estimate of drug-likeness (QED) is 0.485. The van der Waals surface area contributed by atoms with E-state index < -0.39 is 9.84 Å². The molecule has 0 heterocycles. The number of hydrogen-bond donors (Lipinski definition) is 0. The monoisotopic (exact) mass is 368 g/mol. The van der Waals surface area contributed by atoms with Crippen molar-refractivity contribution >= 4 is 15.6 Å². The van der Waals surface area contributed by atoms with Crippen LogP contribution in [-0.4, -0.2) is 31.8 Å². The Morgan fingerprint density at radius 1 is 1.12 bits per heavy atom. The highest BCUT2D eigenvalue weighted by atomic mass is 32.2. The molecule has 0 aliphatic carbocycles. The first-order valence-corrected chi connectivity index (χ1v) is 11.0. The van der Waals surface area contributed by atoms with Gasteiger partial charge in [-0.2, -0.15) is 0 Å². The van der Waals surface area contributed by atoms with E-state index in [2.05, 4.69) is 6.92 Å². The topological polar surface area (TPSA) is 60.4 Å². The summed E-state index contributed by atoms with van der Waals surface area (Å²) in [5, 5.41) is -0.319. The number of sulfone groups is 1. The predicted octanol–water partition coefficient (Wildman–Crippen LogP) is 4.36. The number of Topliss-reactive ketones (excluding diaryl/α,β-unsaturated/α-hetero) is 1. The van der Waals surface area contributed by atoms with Crippen molar-refractivity contribution in [3.05, 3.63) is 29.8 Å². The molecule has 1 aromatic rings. The second kappa shape index (κ2) is 11.3. The van der Waals surface area contributed by atoms with Crippen LogP contribution in [0.3, 0.4) is 0 Å². The van der Waals surface area contributed by atoms with Gasteiger partial charge in [-0.3, -0.25) is 4.79 Å². The Balaban J connectivity index is 2.29. The third-order valence-corrected chi connectivity index (χ3v) is 6.46. The zero-order chi connectivity index (χ0) is 18.7. The molecule has 0 bridgehead atoms. The molecule has 0 N–H and O–H groups in total. The molecule has 0 amide bonds. The smallest absolute Gasteiger partial charge is 0.152 e. The normalized spacial score (nSPS) is 11.7. The molecule has 0 radical (unpaired) electrons. The molecule has 0 saturated carbocycles. The fourth-order valence-electron chi connectivity index (χ4n) is 2.43. The van der Waals surface area contributed by atoms with Crippen LogP contribution < -0.4 is 4.74 Å². The largest absolute Gasteiger partial charge is 0.494 e. The van der Waals surface area contributed by atoms with Crippen molar-refractivity contribution in [1.82, 2.24) is 0 Å². The highest BCUT2D eigenvalue weighted by Crippen LogP contribution is 2.16. The summed E-state index contributed by atoms with van der Waals surface area (Å²) in [4.78, 5) is 12.1. The Bertz CT molecular complexity index is 620. The molecule has 0 aromatic heterocycles. The number of carbonyl (C=O) groups is 1. The number of carbonyl (C=O) groups excluding carboxylic acids is 1. The van der Waals surface area contributed by atoms with Gasteiger partial charge < -0.3 is 4.74 Å². The van der Waals surface area contributed by atoms with Gasteiger partial charge in [-0.15, -0.1) is 0 Å². The van der Waals surface area contributed by atoms with E-state index >= 15 is 0 Å². The lowest BCUT2D eigenvalue weighted by Crippen LogP contribution is -2.17. The number of ketones is 1. The summed E-state index contributed by atoms with van der Waals surface area (Å²) >= 11 is 0. The van der Waals surface area contributed by atoms with Crippen LogP contribution in [0.2, 0.25) is 0 Å². The van der Waals surface area contributed by atoms with Gasteiger partial charge in [-0.05, 0) is 50.8 Å². The summed E-state index contributed by atoms with van der Waals surface area (Å²) in [6.07, 6.45) is 5.19. The molecule has 5 heteroatoms. The molecular formula is C20H32O4S. The molecular weight excluding hydrogens is 336 g/mol. The van der Waals surface area contributed by atoms with Gasteiger partial charge in [0.1, 0.15) is 11.5 Å². The van der Waals surface area contributed by atoms with Crippen LogP contribution >= 0.6 is 0 Å².